The predicted molar refractivity (Wildman–Crippen MR) is 138 cm³/mol. The summed E-state index contributed by atoms with van der Waals surface area (Å²) in [4.78, 5) is 29.3. The van der Waals surface area contributed by atoms with Crippen molar-refractivity contribution < 1.29 is 23.4 Å². The van der Waals surface area contributed by atoms with Gasteiger partial charge in [0.2, 0.25) is 11.5 Å². The van der Waals surface area contributed by atoms with Crippen LogP contribution >= 0.6 is 11.6 Å². The van der Waals surface area contributed by atoms with Crippen LogP contribution in [0, 0.1) is 13.8 Å². The van der Waals surface area contributed by atoms with Crippen molar-refractivity contribution in [3.05, 3.63) is 91.8 Å². The molecule has 3 aromatic carbocycles. The van der Waals surface area contributed by atoms with Crippen molar-refractivity contribution in [1.82, 2.24) is 0 Å². The fourth-order valence-electron chi connectivity index (χ4n) is 4.66. The lowest BCUT2D eigenvalue weighted by molar-refractivity contribution is 0.0971. The summed E-state index contributed by atoms with van der Waals surface area (Å²) in [6.45, 7) is 3.97. The second-order valence-electron chi connectivity index (χ2n) is 8.62. The minimum atomic E-state index is -0.803. The summed E-state index contributed by atoms with van der Waals surface area (Å²) in [5.41, 5.74) is 3.52. The molecule has 184 valence electrons. The highest BCUT2D eigenvalue weighted by atomic mass is 35.5. The number of rotatable bonds is 5. The molecule has 0 aliphatic carbocycles. The molecule has 0 fully saturated rings. The highest BCUT2D eigenvalue weighted by Crippen LogP contribution is 2.46. The minimum absolute atomic E-state index is 0.00759. The molecule has 0 spiro atoms. The van der Waals surface area contributed by atoms with Crippen LogP contribution in [-0.4, -0.2) is 27.2 Å². The second kappa shape index (κ2) is 8.91. The van der Waals surface area contributed by atoms with E-state index in [1.165, 1.54) is 21.3 Å². The topological polar surface area (TPSA) is 78.2 Å². The molecule has 1 unspecified atom stereocenters. The lowest BCUT2D eigenvalue weighted by atomic mass is 9.97. The van der Waals surface area contributed by atoms with Crippen LogP contribution in [0.3, 0.4) is 0 Å². The number of hydrogen-bond acceptors (Lipinski definition) is 6. The molecule has 36 heavy (non-hydrogen) atoms. The third-order valence-electron chi connectivity index (χ3n) is 6.60. The smallest absolute Gasteiger partial charge is 0.295 e. The van der Waals surface area contributed by atoms with Crippen LogP contribution in [0.1, 0.15) is 38.9 Å². The van der Waals surface area contributed by atoms with Crippen molar-refractivity contribution in [2.45, 2.75) is 19.9 Å². The van der Waals surface area contributed by atoms with E-state index in [1.807, 2.05) is 32.0 Å². The van der Waals surface area contributed by atoms with Gasteiger partial charge in [-0.25, -0.2) is 0 Å². The summed E-state index contributed by atoms with van der Waals surface area (Å²) in [5, 5.41) is 0.697. The Labute approximate surface area is 212 Å². The number of fused-ring (bicyclic) bond motifs is 2. The van der Waals surface area contributed by atoms with E-state index in [2.05, 4.69) is 0 Å². The molecule has 7 nitrogen and oxygen atoms in total. The molecule has 0 N–H and O–H groups in total. The number of carbonyl (C=O) groups excluding carboxylic acids is 1. The Hall–Kier alpha value is -3.97. The van der Waals surface area contributed by atoms with Gasteiger partial charge in [-0.2, -0.15) is 0 Å². The maximum absolute atomic E-state index is 13.9. The lowest BCUT2D eigenvalue weighted by Gasteiger charge is -2.27. The number of amides is 1. The number of ether oxygens (including phenoxy) is 3. The van der Waals surface area contributed by atoms with Gasteiger partial charge in [-0.1, -0.05) is 17.7 Å². The maximum Gasteiger partial charge on any atom is 0.295 e. The van der Waals surface area contributed by atoms with Crippen LogP contribution in [0.15, 0.2) is 57.7 Å². The van der Waals surface area contributed by atoms with E-state index in [-0.39, 0.29) is 16.8 Å². The summed E-state index contributed by atoms with van der Waals surface area (Å²) in [7, 11) is 4.54. The fraction of sp³-hybridized carbons (Fsp3) is 0.214. The summed E-state index contributed by atoms with van der Waals surface area (Å²) in [6.07, 6.45) is 0. The van der Waals surface area contributed by atoms with Crippen LogP contribution < -0.4 is 24.5 Å². The highest BCUT2D eigenvalue weighted by Gasteiger charge is 2.44. The van der Waals surface area contributed by atoms with Gasteiger partial charge in [0, 0.05) is 10.7 Å². The van der Waals surface area contributed by atoms with E-state index in [1.54, 1.807) is 35.2 Å². The molecule has 0 bridgehead atoms. The van der Waals surface area contributed by atoms with Gasteiger partial charge < -0.3 is 18.6 Å². The van der Waals surface area contributed by atoms with Crippen molar-refractivity contribution in [2.75, 3.05) is 26.2 Å². The van der Waals surface area contributed by atoms with Crippen LogP contribution in [0.5, 0.6) is 17.2 Å². The van der Waals surface area contributed by atoms with E-state index < -0.39 is 11.9 Å². The molecule has 0 saturated heterocycles. The van der Waals surface area contributed by atoms with Crippen molar-refractivity contribution >= 4 is 34.2 Å². The Morgan fingerprint density at radius 1 is 0.861 bits per heavy atom. The largest absolute Gasteiger partial charge is 0.493 e. The van der Waals surface area contributed by atoms with Gasteiger partial charge in [-0.15, -0.1) is 0 Å². The highest BCUT2D eigenvalue weighted by molar-refractivity contribution is 6.31. The van der Waals surface area contributed by atoms with Crippen molar-refractivity contribution in [1.29, 1.82) is 0 Å². The quantitative estimate of drug-likeness (QED) is 0.339. The second-order valence-corrected chi connectivity index (χ2v) is 9.06. The van der Waals surface area contributed by atoms with Gasteiger partial charge in [0.25, 0.3) is 5.91 Å². The van der Waals surface area contributed by atoms with Crippen LogP contribution in [0.4, 0.5) is 5.69 Å². The van der Waals surface area contributed by atoms with Crippen molar-refractivity contribution in [3.8, 4) is 17.2 Å². The van der Waals surface area contributed by atoms with E-state index in [0.717, 1.165) is 11.1 Å². The van der Waals surface area contributed by atoms with Crippen molar-refractivity contribution in [2.24, 2.45) is 0 Å². The van der Waals surface area contributed by atoms with Gasteiger partial charge in [-0.3, -0.25) is 14.5 Å². The molecule has 4 aromatic rings. The number of hydrogen-bond donors (Lipinski definition) is 0. The Kier molecular flexibility index (Phi) is 5.88. The minimum Gasteiger partial charge on any atom is -0.493 e. The Bertz CT molecular complexity index is 1570. The molecule has 0 saturated carbocycles. The molecular weight excluding hydrogens is 482 g/mol. The standard InChI is InChI=1S/C28H24ClNO6/c1-14-6-8-18(10-15(14)2)30-24(16-11-21(33-3)26(35-5)22(12-16)34-4)23-25(31)19-13-17(29)7-9-20(19)36-27(23)28(30)32/h6-13,24H,1-5H3. The molecular formula is C28H24ClNO6. The Morgan fingerprint density at radius 3 is 2.17 bits per heavy atom. The average Bonchev–Trinajstić information content (AvgIpc) is 3.17. The lowest BCUT2D eigenvalue weighted by Crippen LogP contribution is -2.29. The first-order chi connectivity index (χ1) is 17.3. The SMILES string of the molecule is COc1cc(C2c3c(oc4ccc(Cl)cc4c3=O)C(=O)N2c2ccc(C)c(C)c2)cc(OC)c1OC. The predicted octanol–water partition coefficient (Wildman–Crippen LogP) is 5.84. The van der Waals surface area contributed by atoms with E-state index >= 15 is 0 Å². The van der Waals surface area contributed by atoms with Crippen molar-refractivity contribution in [3.63, 3.8) is 0 Å². The van der Waals surface area contributed by atoms with E-state index in [9.17, 15) is 9.59 Å². The zero-order valence-electron chi connectivity index (χ0n) is 20.5. The molecule has 1 atom stereocenters. The monoisotopic (exact) mass is 505 g/mol. The van der Waals surface area contributed by atoms with Crippen LogP contribution in [0.25, 0.3) is 11.0 Å². The first kappa shape index (κ1) is 23.8. The summed E-state index contributed by atoms with van der Waals surface area (Å²) >= 11 is 6.19. The van der Waals surface area contributed by atoms with Gasteiger partial charge in [0.15, 0.2) is 16.9 Å². The van der Waals surface area contributed by atoms with Gasteiger partial charge in [0.05, 0.1) is 38.3 Å². The van der Waals surface area contributed by atoms with Crippen LogP contribution in [0.2, 0.25) is 5.02 Å². The third kappa shape index (κ3) is 3.58. The van der Waals surface area contributed by atoms with E-state index in [4.69, 9.17) is 30.2 Å². The molecule has 1 aliphatic rings. The normalized spacial score (nSPS) is 14.8. The Balaban J connectivity index is 1.85. The summed E-state index contributed by atoms with van der Waals surface area (Å²) < 4.78 is 22.6. The number of benzene rings is 3. The van der Waals surface area contributed by atoms with Crippen LogP contribution in [-0.2, 0) is 0 Å². The molecule has 1 aromatic heterocycles. The number of carbonyl (C=O) groups is 1. The number of halogens is 1. The van der Waals surface area contributed by atoms with Gasteiger partial charge in [-0.05, 0) is 73.0 Å². The molecule has 8 heteroatoms. The summed E-state index contributed by atoms with van der Waals surface area (Å²) in [6, 6.07) is 13.2. The zero-order chi connectivity index (χ0) is 25.7. The molecule has 1 amide bonds. The molecule has 2 heterocycles. The maximum atomic E-state index is 13.9. The first-order valence-electron chi connectivity index (χ1n) is 11.3. The first-order valence-corrected chi connectivity index (χ1v) is 11.6. The van der Waals surface area contributed by atoms with Gasteiger partial charge in [0.1, 0.15) is 5.58 Å². The zero-order valence-corrected chi connectivity index (χ0v) is 21.2. The molecule has 0 radical (unpaired) electrons. The summed E-state index contributed by atoms with van der Waals surface area (Å²) in [5.74, 6) is 0.790. The Morgan fingerprint density at radius 2 is 1.56 bits per heavy atom. The third-order valence-corrected chi connectivity index (χ3v) is 6.84. The number of aryl methyl sites for hydroxylation is 2. The molecule has 1 aliphatic heterocycles. The fourth-order valence-corrected chi connectivity index (χ4v) is 4.83. The number of methoxy groups -OCH3 is 3. The average molecular weight is 506 g/mol. The number of nitrogens with zero attached hydrogens (tertiary/aromatic N) is 1. The number of anilines is 1. The van der Waals surface area contributed by atoms with Gasteiger partial charge >= 0.3 is 0 Å². The molecule has 5 rings (SSSR count). The van der Waals surface area contributed by atoms with E-state index in [0.29, 0.717) is 44.5 Å².